The third-order valence-electron chi connectivity index (χ3n) is 2.02. The first-order chi connectivity index (χ1) is 7.13. The Morgan fingerprint density at radius 3 is 3.13 bits per heavy atom. The highest BCUT2D eigenvalue weighted by molar-refractivity contribution is 9.10. The van der Waals surface area contributed by atoms with Crippen molar-refractivity contribution in [3.8, 4) is 0 Å². The Morgan fingerprint density at radius 2 is 2.47 bits per heavy atom. The molecule has 4 nitrogen and oxygen atoms in total. The van der Waals surface area contributed by atoms with Crippen molar-refractivity contribution in [2.24, 2.45) is 4.99 Å². The van der Waals surface area contributed by atoms with Crippen molar-refractivity contribution in [1.29, 1.82) is 0 Å². The third-order valence-corrected chi connectivity index (χ3v) is 2.46. The van der Waals surface area contributed by atoms with E-state index in [0.29, 0.717) is 11.7 Å². The topological polar surface area (TPSA) is 63.3 Å². The van der Waals surface area contributed by atoms with E-state index in [2.05, 4.69) is 44.9 Å². The van der Waals surface area contributed by atoms with Gasteiger partial charge in [-0.1, -0.05) is 0 Å². The number of nitrogen functional groups attached to an aromatic ring is 1. The number of hydrogen-bond acceptors (Lipinski definition) is 4. The lowest BCUT2D eigenvalue weighted by Crippen LogP contribution is -2.17. The molecular formula is C10H15BrN4. The number of anilines is 2. The Bertz CT molecular complexity index is 340. The first-order valence-electron chi connectivity index (χ1n) is 4.73. The van der Waals surface area contributed by atoms with Gasteiger partial charge in [0.15, 0.2) is 0 Å². The van der Waals surface area contributed by atoms with E-state index in [9.17, 15) is 0 Å². The molecule has 5 heteroatoms. The zero-order valence-electron chi connectivity index (χ0n) is 8.70. The highest BCUT2D eigenvalue weighted by atomic mass is 79.9. The average molecular weight is 271 g/mol. The van der Waals surface area contributed by atoms with Gasteiger partial charge in [0.25, 0.3) is 0 Å². The van der Waals surface area contributed by atoms with E-state index < -0.39 is 0 Å². The molecule has 1 atom stereocenters. The smallest absolute Gasteiger partial charge is 0.108 e. The molecule has 0 amide bonds. The van der Waals surface area contributed by atoms with Crippen molar-refractivity contribution in [3.63, 3.8) is 0 Å². The zero-order chi connectivity index (χ0) is 11.3. The Labute approximate surface area is 98.1 Å². The molecule has 0 aliphatic rings. The number of pyridine rings is 1. The quantitative estimate of drug-likeness (QED) is 0.638. The summed E-state index contributed by atoms with van der Waals surface area (Å²) in [5.41, 5.74) is 7.33. The number of aliphatic imine (C=N–C) groups is 1. The van der Waals surface area contributed by atoms with E-state index in [0.717, 1.165) is 23.3 Å². The number of aromatic nitrogens is 1. The van der Waals surface area contributed by atoms with Gasteiger partial charge in [0.05, 0.1) is 17.6 Å². The second kappa shape index (κ2) is 5.70. The molecule has 1 rings (SSSR count). The molecule has 0 radical (unpaired) electrons. The predicted octanol–water partition coefficient (Wildman–Crippen LogP) is 2.32. The molecule has 0 aliphatic heterocycles. The standard InChI is InChI=1S/C10H15BrN4/c1-7(3-4-13-2)15-9-5-10(11)14-6-8(9)12/h5-7H,2-4,12H2,1H3,(H,14,15). The number of hydrogen-bond donors (Lipinski definition) is 2. The monoisotopic (exact) mass is 270 g/mol. The highest BCUT2D eigenvalue weighted by Crippen LogP contribution is 2.21. The Hall–Kier alpha value is -1.10. The van der Waals surface area contributed by atoms with Crippen LogP contribution in [0.4, 0.5) is 11.4 Å². The van der Waals surface area contributed by atoms with Crippen LogP contribution in [0.1, 0.15) is 13.3 Å². The van der Waals surface area contributed by atoms with Crippen molar-refractivity contribution in [3.05, 3.63) is 16.9 Å². The van der Waals surface area contributed by atoms with Gasteiger partial charge in [-0.15, -0.1) is 0 Å². The SMILES string of the molecule is C=NCCC(C)Nc1cc(Br)ncc1N. The summed E-state index contributed by atoms with van der Waals surface area (Å²) in [5, 5.41) is 3.30. The minimum atomic E-state index is 0.312. The van der Waals surface area contributed by atoms with Gasteiger partial charge in [-0.2, -0.15) is 0 Å². The maximum atomic E-state index is 5.78. The van der Waals surface area contributed by atoms with Crippen molar-refractivity contribution < 1.29 is 0 Å². The number of nitrogens with zero attached hydrogens (tertiary/aromatic N) is 2. The molecule has 0 aliphatic carbocycles. The lowest BCUT2D eigenvalue weighted by Gasteiger charge is -2.15. The summed E-state index contributed by atoms with van der Waals surface area (Å²) in [6, 6.07) is 2.18. The average Bonchev–Trinajstić information content (AvgIpc) is 2.20. The van der Waals surface area contributed by atoms with E-state index in [4.69, 9.17) is 5.73 Å². The van der Waals surface area contributed by atoms with Crippen LogP contribution in [0.2, 0.25) is 0 Å². The molecule has 82 valence electrons. The molecule has 0 bridgehead atoms. The van der Waals surface area contributed by atoms with Gasteiger partial charge in [-0.3, -0.25) is 0 Å². The van der Waals surface area contributed by atoms with Gasteiger partial charge in [0.1, 0.15) is 4.60 Å². The summed E-state index contributed by atoms with van der Waals surface area (Å²) in [7, 11) is 0. The Kier molecular flexibility index (Phi) is 4.55. The molecule has 0 aromatic carbocycles. The van der Waals surface area contributed by atoms with Gasteiger partial charge < -0.3 is 16.0 Å². The second-order valence-corrected chi connectivity index (χ2v) is 4.19. The highest BCUT2D eigenvalue weighted by Gasteiger charge is 2.05. The van der Waals surface area contributed by atoms with Crippen LogP contribution < -0.4 is 11.1 Å². The van der Waals surface area contributed by atoms with Crippen molar-refractivity contribution in [1.82, 2.24) is 4.98 Å². The van der Waals surface area contributed by atoms with Gasteiger partial charge in [0, 0.05) is 12.6 Å². The van der Waals surface area contributed by atoms with E-state index >= 15 is 0 Å². The van der Waals surface area contributed by atoms with Crippen molar-refractivity contribution >= 4 is 34.0 Å². The predicted molar refractivity (Wildman–Crippen MR) is 68.5 cm³/mol. The maximum absolute atomic E-state index is 5.78. The molecule has 0 spiro atoms. The number of nitrogens with two attached hydrogens (primary N) is 1. The normalized spacial score (nSPS) is 12.1. The lowest BCUT2D eigenvalue weighted by molar-refractivity contribution is 0.720. The lowest BCUT2D eigenvalue weighted by atomic mass is 10.2. The minimum absolute atomic E-state index is 0.312. The fourth-order valence-corrected chi connectivity index (χ4v) is 1.52. The second-order valence-electron chi connectivity index (χ2n) is 3.38. The summed E-state index contributed by atoms with van der Waals surface area (Å²) in [6.45, 7) is 6.28. The van der Waals surface area contributed by atoms with E-state index in [1.54, 1.807) is 6.20 Å². The molecule has 1 aromatic heterocycles. The largest absolute Gasteiger partial charge is 0.396 e. The van der Waals surface area contributed by atoms with Crippen molar-refractivity contribution in [2.75, 3.05) is 17.6 Å². The number of halogens is 1. The molecule has 1 aromatic rings. The van der Waals surface area contributed by atoms with Gasteiger partial charge in [-0.05, 0) is 42.1 Å². The molecule has 0 fully saturated rings. The van der Waals surface area contributed by atoms with Gasteiger partial charge in [0.2, 0.25) is 0 Å². The summed E-state index contributed by atoms with van der Waals surface area (Å²) in [5.74, 6) is 0. The van der Waals surface area contributed by atoms with Crippen molar-refractivity contribution in [2.45, 2.75) is 19.4 Å². The van der Waals surface area contributed by atoms with Gasteiger partial charge in [-0.25, -0.2) is 4.98 Å². The Morgan fingerprint density at radius 1 is 1.73 bits per heavy atom. The fourth-order valence-electron chi connectivity index (χ4n) is 1.19. The third kappa shape index (κ3) is 3.87. The molecule has 1 heterocycles. The number of nitrogens with one attached hydrogen (secondary N) is 1. The van der Waals surface area contributed by atoms with Crippen LogP contribution in [0.25, 0.3) is 0 Å². The summed E-state index contributed by atoms with van der Waals surface area (Å²) in [6.07, 6.45) is 2.56. The van der Waals surface area contributed by atoms with Crippen LogP contribution in [0.3, 0.4) is 0 Å². The Balaban J connectivity index is 2.62. The first-order valence-corrected chi connectivity index (χ1v) is 5.53. The van der Waals surface area contributed by atoms with Crippen LogP contribution in [-0.4, -0.2) is 24.3 Å². The minimum Gasteiger partial charge on any atom is -0.396 e. The van der Waals surface area contributed by atoms with Crippen LogP contribution >= 0.6 is 15.9 Å². The van der Waals surface area contributed by atoms with Crippen LogP contribution in [-0.2, 0) is 0 Å². The molecule has 3 N–H and O–H groups in total. The molecular weight excluding hydrogens is 256 g/mol. The fraction of sp³-hybridized carbons (Fsp3) is 0.400. The molecule has 0 saturated heterocycles. The van der Waals surface area contributed by atoms with Crippen LogP contribution in [0.15, 0.2) is 21.9 Å². The van der Waals surface area contributed by atoms with Crippen LogP contribution in [0, 0.1) is 0 Å². The van der Waals surface area contributed by atoms with E-state index in [1.807, 2.05) is 6.07 Å². The molecule has 15 heavy (non-hydrogen) atoms. The van der Waals surface area contributed by atoms with E-state index in [-0.39, 0.29) is 0 Å². The first kappa shape index (κ1) is 12.0. The molecule has 1 unspecified atom stereocenters. The summed E-state index contributed by atoms with van der Waals surface area (Å²) in [4.78, 5) is 7.85. The zero-order valence-corrected chi connectivity index (χ0v) is 10.3. The van der Waals surface area contributed by atoms with Crippen LogP contribution in [0.5, 0.6) is 0 Å². The summed E-state index contributed by atoms with van der Waals surface area (Å²) < 4.78 is 0.772. The number of rotatable bonds is 5. The van der Waals surface area contributed by atoms with E-state index in [1.165, 1.54) is 0 Å². The molecule has 0 saturated carbocycles. The summed E-state index contributed by atoms with van der Waals surface area (Å²) >= 11 is 3.30. The van der Waals surface area contributed by atoms with Gasteiger partial charge >= 0.3 is 0 Å². The maximum Gasteiger partial charge on any atom is 0.108 e.